The highest BCUT2D eigenvalue weighted by Gasteiger charge is 2.20. The van der Waals surface area contributed by atoms with Gasteiger partial charge in [-0.15, -0.1) is 22.9 Å². The van der Waals surface area contributed by atoms with Crippen LogP contribution in [0, 0.1) is 0 Å². The Morgan fingerprint density at radius 2 is 2.07 bits per heavy atom. The van der Waals surface area contributed by atoms with Crippen molar-refractivity contribution < 1.29 is 4.79 Å². The van der Waals surface area contributed by atoms with Crippen LogP contribution in [0.1, 0.15) is 20.6 Å². The van der Waals surface area contributed by atoms with Crippen molar-refractivity contribution in [1.29, 1.82) is 0 Å². The smallest absolute Gasteiger partial charge is 0.196 e. The molecule has 0 amide bonds. The molecule has 0 saturated carbocycles. The van der Waals surface area contributed by atoms with Gasteiger partial charge >= 0.3 is 0 Å². The van der Waals surface area contributed by atoms with Crippen LogP contribution in [0.4, 0.5) is 0 Å². The Balaban J connectivity index is 2.23. The van der Waals surface area contributed by atoms with Crippen LogP contribution >= 0.6 is 22.9 Å². The minimum absolute atomic E-state index is 0.0923. The minimum Gasteiger partial charge on any atom is -0.291 e. The number of rotatable bonds is 3. The van der Waals surface area contributed by atoms with E-state index in [2.05, 4.69) is 4.98 Å². The highest BCUT2D eigenvalue weighted by molar-refractivity contribution is 7.11. The van der Waals surface area contributed by atoms with E-state index in [0.717, 1.165) is 5.56 Å². The standard InChI is InChI=1S/C11H8ClNOS/c12-10(8-4-2-1-3-5-8)11(14)9-6-13-7-15-9/h1-7,10H. The van der Waals surface area contributed by atoms with E-state index in [9.17, 15) is 4.79 Å². The first-order chi connectivity index (χ1) is 7.29. The first kappa shape index (κ1) is 10.3. The second-order valence-electron chi connectivity index (χ2n) is 3.00. The number of halogens is 1. The first-order valence-corrected chi connectivity index (χ1v) is 5.72. The van der Waals surface area contributed by atoms with Gasteiger partial charge in [-0.25, -0.2) is 0 Å². The van der Waals surface area contributed by atoms with Crippen LogP contribution < -0.4 is 0 Å². The predicted molar refractivity (Wildman–Crippen MR) is 61.5 cm³/mol. The van der Waals surface area contributed by atoms with E-state index in [1.165, 1.54) is 11.3 Å². The molecule has 0 bridgehead atoms. The van der Waals surface area contributed by atoms with Gasteiger partial charge in [0, 0.05) is 6.20 Å². The summed E-state index contributed by atoms with van der Waals surface area (Å²) in [5.74, 6) is -0.0923. The van der Waals surface area contributed by atoms with Crippen LogP contribution in [0.2, 0.25) is 0 Å². The van der Waals surface area contributed by atoms with Crippen molar-refractivity contribution >= 4 is 28.7 Å². The number of hydrogen-bond donors (Lipinski definition) is 0. The van der Waals surface area contributed by atoms with Crippen LogP contribution in [0.5, 0.6) is 0 Å². The lowest BCUT2D eigenvalue weighted by Gasteiger charge is -2.06. The molecule has 1 unspecified atom stereocenters. The normalized spacial score (nSPS) is 12.3. The van der Waals surface area contributed by atoms with E-state index in [0.29, 0.717) is 4.88 Å². The number of ketones is 1. The minimum atomic E-state index is -0.619. The van der Waals surface area contributed by atoms with Crippen molar-refractivity contribution in [2.45, 2.75) is 5.38 Å². The van der Waals surface area contributed by atoms with Gasteiger partial charge in [0.25, 0.3) is 0 Å². The second kappa shape index (κ2) is 4.55. The third-order valence-electron chi connectivity index (χ3n) is 2.00. The van der Waals surface area contributed by atoms with Gasteiger partial charge in [-0.1, -0.05) is 30.3 Å². The molecule has 0 fully saturated rings. The third-order valence-corrected chi connectivity index (χ3v) is 3.24. The summed E-state index contributed by atoms with van der Waals surface area (Å²) in [7, 11) is 0. The highest BCUT2D eigenvalue weighted by atomic mass is 35.5. The summed E-state index contributed by atoms with van der Waals surface area (Å²) in [4.78, 5) is 16.3. The maximum atomic E-state index is 11.8. The van der Waals surface area contributed by atoms with Crippen molar-refractivity contribution in [2.75, 3.05) is 0 Å². The molecule has 1 aromatic heterocycles. The topological polar surface area (TPSA) is 30.0 Å². The summed E-state index contributed by atoms with van der Waals surface area (Å²) in [5, 5.41) is -0.619. The molecule has 0 aliphatic heterocycles. The van der Waals surface area contributed by atoms with Crippen molar-refractivity contribution in [3.8, 4) is 0 Å². The molecular formula is C11H8ClNOS. The molecule has 0 aliphatic carbocycles. The van der Waals surface area contributed by atoms with Crippen molar-refractivity contribution in [3.05, 3.63) is 52.5 Å². The van der Waals surface area contributed by atoms with E-state index in [-0.39, 0.29) is 5.78 Å². The van der Waals surface area contributed by atoms with Crippen molar-refractivity contribution in [2.24, 2.45) is 0 Å². The summed E-state index contributed by atoms with van der Waals surface area (Å²) < 4.78 is 0. The number of thiazole rings is 1. The van der Waals surface area contributed by atoms with E-state index < -0.39 is 5.38 Å². The molecule has 0 radical (unpaired) electrons. The van der Waals surface area contributed by atoms with Gasteiger partial charge in [-0.05, 0) is 5.56 Å². The number of benzene rings is 1. The van der Waals surface area contributed by atoms with Gasteiger partial charge in [-0.3, -0.25) is 9.78 Å². The van der Waals surface area contributed by atoms with Gasteiger partial charge in [0.05, 0.1) is 10.4 Å². The average Bonchev–Trinajstić information content (AvgIpc) is 2.82. The number of carbonyl (C=O) groups excluding carboxylic acids is 1. The van der Waals surface area contributed by atoms with Crippen molar-refractivity contribution in [3.63, 3.8) is 0 Å². The molecule has 2 rings (SSSR count). The molecule has 4 heteroatoms. The number of Topliss-reactive ketones (excluding diaryl/α,β-unsaturated/α-hetero) is 1. The Morgan fingerprint density at radius 1 is 1.33 bits per heavy atom. The maximum absolute atomic E-state index is 11.8. The fourth-order valence-corrected chi connectivity index (χ4v) is 2.15. The van der Waals surface area contributed by atoms with E-state index >= 15 is 0 Å². The van der Waals surface area contributed by atoms with E-state index in [4.69, 9.17) is 11.6 Å². The zero-order valence-corrected chi connectivity index (χ0v) is 9.33. The SMILES string of the molecule is O=C(c1cncs1)C(Cl)c1ccccc1. The van der Waals surface area contributed by atoms with Crippen LogP contribution in [0.3, 0.4) is 0 Å². The molecule has 2 aromatic rings. The largest absolute Gasteiger partial charge is 0.291 e. The Labute approximate surface area is 96.5 Å². The fourth-order valence-electron chi connectivity index (χ4n) is 1.24. The summed E-state index contributed by atoms with van der Waals surface area (Å²) in [6.45, 7) is 0. The highest BCUT2D eigenvalue weighted by Crippen LogP contribution is 2.25. The molecule has 0 aliphatic rings. The number of alkyl halides is 1. The number of nitrogens with zero attached hydrogens (tertiary/aromatic N) is 1. The lowest BCUT2D eigenvalue weighted by Crippen LogP contribution is -2.05. The zero-order valence-electron chi connectivity index (χ0n) is 7.76. The molecule has 0 N–H and O–H groups in total. The average molecular weight is 238 g/mol. The van der Waals surface area contributed by atoms with Crippen LogP contribution in [0.15, 0.2) is 42.0 Å². The Morgan fingerprint density at radius 3 is 2.67 bits per heavy atom. The Kier molecular flexibility index (Phi) is 3.14. The number of aromatic nitrogens is 1. The molecule has 2 nitrogen and oxygen atoms in total. The Bertz CT molecular complexity index is 441. The third kappa shape index (κ3) is 2.25. The van der Waals surface area contributed by atoms with Gasteiger partial charge in [-0.2, -0.15) is 0 Å². The summed E-state index contributed by atoms with van der Waals surface area (Å²) in [6.07, 6.45) is 1.55. The van der Waals surface area contributed by atoms with Crippen LogP contribution in [-0.2, 0) is 0 Å². The lowest BCUT2D eigenvalue weighted by atomic mass is 10.1. The summed E-state index contributed by atoms with van der Waals surface area (Å²) in [6, 6.07) is 9.31. The monoisotopic (exact) mass is 237 g/mol. The fraction of sp³-hybridized carbons (Fsp3) is 0.0909. The molecule has 1 atom stereocenters. The Hall–Kier alpha value is -1.19. The first-order valence-electron chi connectivity index (χ1n) is 4.41. The molecule has 0 saturated heterocycles. The molecule has 76 valence electrons. The van der Waals surface area contributed by atoms with E-state index in [1.54, 1.807) is 11.7 Å². The van der Waals surface area contributed by atoms with Gasteiger partial charge in [0.15, 0.2) is 5.78 Å². The maximum Gasteiger partial charge on any atom is 0.196 e. The quantitative estimate of drug-likeness (QED) is 0.606. The molecule has 15 heavy (non-hydrogen) atoms. The molecule has 0 spiro atoms. The van der Waals surface area contributed by atoms with Crippen LogP contribution in [-0.4, -0.2) is 10.8 Å². The van der Waals surface area contributed by atoms with Gasteiger partial charge in [0.1, 0.15) is 5.38 Å². The molecule has 1 aromatic carbocycles. The summed E-state index contributed by atoms with van der Waals surface area (Å²) in [5.41, 5.74) is 2.44. The predicted octanol–water partition coefficient (Wildman–Crippen LogP) is 3.31. The second-order valence-corrected chi connectivity index (χ2v) is 4.33. The number of hydrogen-bond acceptors (Lipinski definition) is 3. The van der Waals surface area contributed by atoms with E-state index in [1.807, 2.05) is 30.3 Å². The summed E-state index contributed by atoms with van der Waals surface area (Å²) >= 11 is 7.39. The zero-order chi connectivity index (χ0) is 10.7. The van der Waals surface area contributed by atoms with Gasteiger partial charge < -0.3 is 0 Å². The lowest BCUT2D eigenvalue weighted by molar-refractivity contribution is 0.0991. The molecular weight excluding hydrogens is 230 g/mol. The van der Waals surface area contributed by atoms with Gasteiger partial charge in [0.2, 0.25) is 0 Å². The molecule has 1 heterocycles. The van der Waals surface area contributed by atoms with Crippen molar-refractivity contribution in [1.82, 2.24) is 4.98 Å². The number of carbonyl (C=O) groups is 1. The van der Waals surface area contributed by atoms with Crippen LogP contribution in [0.25, 0.3) is 0 Å².